The molecule has 0 bridgehead atoms. The van der Waals surface area contributed by atoms with Crippen LogP contribution in [0.1, 0.15) is 11.1 Å². The van der Waals surface area contributed by atoms with Crippen LogP contribution in [0.2, 0.25) is 0 Å². The average molecular weight is 467 g/mol. The summed E-state index contributed by atoms with van der Waals surface area (Å²) < 4.78 is 33.1. The first kappa shape index (κ1) is 22.3. The number of carbonyl (C=O) groups excluding carboxylic acids is 1. The van der Waals surface area contributed by atoms with E-state index in [0.29, 0.717) is 16.9 Å². The van der Waals surface area contributed by atoms with Crippen LogP contribution >= 0.6 is 0 Å². The second-order valence-electron chi connectivity index (χ2n) is 7.55. The number of methoxy groups -OCH3 is 1. The molecule has 10 heteroatoms. The van der Waals surface area contributed by atoms with E-state index in [1.165, 1.54) is 17.0 Å². The fourth-order valence-electron chi connectivity index (χ4n) is 3.72. The van der Waals surface area contributed by atoms with E-state index in [1.807, 2.05) is 24.3 Å². The molecule has 2 heterocycles. The van der Waals surface area contributed by atoms with Gasteiger partial charge in [-0.2, -0.15) is 8.42 Å². The smallest absolute Gasteiger partial charge is 0.306 e. The van der Waals surface area contributed by atoms with Crippen molar-refractivity contribution < 1.29 is 22.1 Å². The van der Waals surface area contributed by atoms with Crippen molar-refractivity contribution in [2.24, 2.45) is 10.7 Å². The van der Waals surface area contributed by atoms with Gasteiger partial charge in [0, 0.05) is 18.8 Å². The fraction of sp³-hybridized carbons (Fsp3) is 0.174. The topological polar surface area (TPSA) is 124 Å². The molecule has 1 aliphatic rings. The van der Waals surface area contributed by atoms with Crippen molar-refractivity contribution in [1.82, 2.24) is 9.88 Å². The number of amides is 1. The number of hydrogen-bond donors (Lipinski definition) is 1. The molecule has 1 aromatic heterocycles. The number of aliphatic imine (C=N–C) groups is 1. The predicted molar refractivity (Wildman–Crippen MR) is 123 cm³/mol. The van der Waals surface area contributed by atoms with Gasteiger partial charge < -0.3 is 14.7 Å². The molecule has 2 aromatic carbocycles. The Labute approximate surface area is 191 Å². The number of aromatic nitrogens is 1. The summed E-state index contributed by atoms with van der Waals surface area (Å²) in [5.41, 5.74) is 7.33. The lowest BCUT2D eigenvalue weighted by atomic mass is 9.82. The minimum atomic E-state index is -3.69. The van der Waals surface area contributed by atoms with Crippen molar-refractivity contribution in [3.05, 3.63) is 78.1 Å². The van der Waals surface area contributed by atoms with E-state index < -0.39 is 15.7 Å². The number of nitrogens with zero attached hydrogens (tertiary/aromatic N) is 3. The zero-order valence-electron chi connectivity index (χ0n) is 18.2. The molecule has 0 saturated heterocycles. The highest BCUT2D eigenvalue weighted by Crippen LogP contribution is 2.41. The predicted octanol–water partition coefficient (Wildman–Crippen LogP) is 2.13. The maximum atomic E-state index is 13.5. The standard InChI is InChI=1S/C23H22N4O5S/c1-27-21(28)23(26-22(27)24,17-7-9-19(10-8-17)32-33(3,29)30)18-6-4-5-15(11-18)16-12-20(31-2)14-25-13-16/h4-14H,1-3H3,(H2,24,26). The zero-order chi connectivity index (χ0) is 23.8. The Morgan fingerprint density at radius 1 is 0.970 bits per heavy atom. The van der Waals surface area contributed by atoms with Gasteiger partial charge in [0.15, 0.2) is 11.5 Å². The molecule has 3 aromatic rings. The fourth-order valence-corrected chi connectivity index (χ4v) is 4.18. The molecule has 0 fully saturated rings. The summed E-state index contributed by atoms with van der Waals surface area (Å²) in [5.74, 6) is 0.471. The maximum absolute atomic E-state index is 13.5. The molecule has 0 radical (unpaired) electrons. The number of carbonyl (C=O) groups is 1. The maximum Gasteiger partial charge on any atom is 0.306 e. The Morgan fingerprint density at radius 3 is 2.30 bits per heavy atom. The van der Waals surface area contributed by atoms with Crippen LogP contribution in [0.15, 0.2) is 72.0 Å². The minimum absolute atomic E-state index is 0.0740. The second kappa shape index (κ2) is 8.21. The van der Waals surface area contributed by atoms with E-state index >= 15 is 0 Å². The van der Waals surface area contributed by atoms with E-state index in [0.717, 1.165) is 17.4 Å². The van der Waals surface area contributed by atoms with Gasteiger partial charge in [0.25, 0.3) is 5.91 Å². The lowest BCUT2D eigenvalue weighted by molar-refractivity contribution is -0.129. The van der Waals surface area contributed by atoms with E-state index in [2.05, 4.69) is 9.98 Å². The van der Waals surface area contributed by atoms with E-state index in [-0.39, 0.29) is 17.6 Å². The van der Waals surface area contributed by atoms with Crippen LogP contribution in [-0.4, -0.2) is 50.6 Å². The molecule has 0 saturated carbocycles. The number of benzene rings is 2. The minimum Gasteiger partial charge on any atom is -0.495 e. The van der Waals surface area contributed by atoms with Crippen LogP contribution in [0.25, 0.3) is 11.1 Å². The molecular weight excluding hydrogens is 444 g/mol. The molecule has 4 rings (SSSR count). The number of likely N-dealkylation sites (N-methyl/N-ethyl adjacent to an activating group) is 1. The van der Waals surface area contributed by atoms with E-state index in [4.69, 9.17) is 14.7 Å². The van der Waals surface area contributed by atoms with Crippen molar-refractivity contribution in [3.63, 3.8) is 0 Å². The van der Waals surface area contributed by atoms with E-state index in [1.54, 1.807) is 44.8 Å². The monoisotopic (exact) mass is 466 g/mol. The van der Waals surface area contributed by atoms with Crippen LogP contribution in [0.3, 0.4) is 0 Å². The Kier molecular flexibility index (Phi) is 5.54. The third-order valence-electron chi connectivity index (χ3n) is 5.32. The third kappa shape index (κ3) is 4.12. The van der Waals surface area contributed by atoms with Gasteiger partial charge in [-0.3, -0.25) is 14.7 Å². The largest absolute Gasteiger partial charge is 0.495 e. The Hall–Kier alpha value is -3.92. The molecule has 0 spiro atoms. The first-order valence-corrected chi connectivity index (χ1v) is 11.7. The van der Waals surface area contributed by atoms with Gasteiger partial charge >= 0.3 is 10.1 Å². The summed E-state index contributed by atoms with van der Waals surface area (Å²) in [6.07, 6.45) is 4.27. The first-order valence-electron chi connectivity index (χ1n) is 9.87. The highest BCUT2D eigenvalue weighted by atomic mass is 32.2. The molecule has 170 valence electrons. The number of guanidine groups is 1. The van der Waals surface area contributed by atoms with E-state index in [9.17, 15) is 13.2 Å². The van der Waals surface area contributed by atoms with Gasteiger partial charge in [-0.05, 0) is 41.0 Å². The summed E-state index contributed by atoms with van der Waals surface area (Å²) in [6, 6.07) is 15.4. The Morgan fingerprint density at radius 2 is 1.70 bits per heavy atom. The van der Waals surface area contributed by atoms with Crippen LogP contribution in [0, 0.1) is 0 Å². The third-order valence-corrected chi connectivity index (χ3v) is 5.82. The Bertz CT molecular complexity index is 1360. The van der Waals surface area contributed by atoms with Gasteiger partial charge in [0.2, 0.25) is 0 Å². The molecule has 9 nitrogen and oxygen atoms in total. The second-order valence-corrected chi connectivity index (χ2v) is 9.13. The summed E-state index contributed by atoms with van der Waals surface area (Å²) >= 11 is 0. The number of nitrogens with two attached hydrogens (primary N) is 1. The normalized spacial score (nSPS) is 18.2. The van der Waals surface area contributed by atoms with Crippen LogP contribution in [0.4, 0.5) is 0 Å². The van der Waals surface area contributed by atoms with Crippen molar-refractivity contribution in [1.29, 1.82) is 0 Å². The number of ether oxygens (including phenoxy) is 1. The summed E-state index contributed by atoms with van der Waals surface area (Å²) in [4.78, 5) is 23.5. The molecule has 1 atom stereocenters. The number of pyridine rings is 1. The summed E-state index contributed by atoms with van der Waals surface area (Å²) in [6.45, 7) is 0. The quantitative estimate of drug-likeness (QED) is 0.552. The zero-order valence-corrected chi connectivity index (χ0v) is 19.0. The molecule has 33 heavy (non-hydrogen) atoms. The SMILES string of the molecule is COc1cncc(-c2cccc(C3(c4ccc(OS(C)(=O)=O)cc4)N=C(N)N(C)C3=O)c2)c1. The number of rotatable bonds is 6. The van der Waals surface area contributed by atoms with Crippen LogP contribution < -0.4 is 14.7 Å². The lowest BCUT2D eigenvalue weighted by Gasteiger charge is -2.26. The Balaban J connectivity index is 1.85. The van der Waals surface area contributed by atoms with Crippen molar-refractivity contribution in [3.8, 4) is 22.6 Å². The van der Waals surface area contributed by atoms with Gasteiger partial charge in [-0.15, -0.1) is 0 Å². The lowest BCUT2D eigenvalue weighted by Crippen LogP contribution is -2.41. The average Bonchev–Trinajstić information content (AvgIpc) is 3.03. The van der Waals surface area contributed by atoms with Crippen LogP contribution in [-0.2, 0) is 20.5 Å². The molecule has 1 aliphatic heterocycles. The van der Waals surface area contributed by atoms with Crippen molar-refractivity contribution in [2.75, 3.05) is 20.4 Å². The highest BCUT2D eigenvalue weighted by Gasteiger charge is 2.49. The van der Waals surface area contributed by atoms with Gasteiger partial charge in [0.1, 0.15) is 11.5 Å². The van der Waals surface area contributed by atoms with Crippen LogP contribution in [0.5, 0.6) is 11.5 Å². The molecule has 1 amide bonds. The van der Waals surface area contributed by atoms with Gasteiger partial charge in [-0.25, -0.2) is 4.99 Å². The number of hydrogen-bond acceptors (Lipinski definition) is 8. The summed E-state index contributed by atoms with van der Waals surface area (Å²) in [7, 11) is -0.567. The molecule has 0 aliphatic carbocycles. The highest BCUT2D eigenvalue weighted by molar-refractivity contribution is 7.86. The van der Waals surface area contributed by atoms with Crippen molar-refractivity contribution in [2.45, 2.75) is 5.54 Å². The summed E-state index contributed by atoms with van der Waals surface area (Å²) in [5, 5.41) is 0. The van der Waals surface area contributed by atoms with Gasteiger partial charge in [0.05, 0.1) is 19.6 Å². The molecular formula is C23H22N4O5S. The first-order chi connectivity index (χ1) is 15.6. The molecule has 2 N–H and O–H groups in total. The van der Waals surface area contributed by atoms with Crippen molar-refractivity contribution >= 4 is 22.0 Å². The molecule has 1 unspecified atom stereocenters. The van der Waals surface area contributed by atoms with Gasteiger partial charge in [-0.1, -0.05) is 30.3 Å².